The molecule has 0 spiro atoms. The van der Waals surface area contributed by atoms with E-state index in [1.807, 2.05) is 0 Å². The van der Waals surface area contributed by atoms with Gasteiger partial charge in [-0.15, -0.1) is 0 Å². The van der Waals surface area contributed by atoms with E-state index in [0.29, 0.717) is 0 Å². The zero-order valence-corrected chi connectivity index (χ0v) is 12.4. The second-order valence-electron chi connectivity index (χ2n) is 4.75. The smallest absolute Gasteiger partial charge is 0.305 e. The van der Waals surface area contributed by atoms with Gasteiger partial charge in [0.05, 0.1) is 24.9 Å². The third-order valence-corrected chi connectivity index (χ3v) is 4.63. The fraction of sp³-hybridized carbons (Fsp3) is 0.818. The minimum absolute atomic E-state index is 0.0118. The quantitative estimate of drug-likeness (QED) is 0.625. The summed E-state index contributed by atoms with van der Waals surface area (Å²) in [6, 6.07) is -1.19. The molecule has 1 fully saturated rings. The zero-order chi connectivity index (χ0) is 15.3. The Balaban J connectivity index is 2.77. The van der Waals surface area contributed by atoms with Gasteiger partial charge < -0.3 is 15.2 Å². The average Bonchev–Trinajstić information content (AvgIpc) is 2.30. The summed E-state index contributed by atoms with van der Waals surface area (Å²) in [4.78, 5) is 22.4. The van der Waals surface area contributed by atoms with Gasteiger partial charge in [-0.25, -0.2) is 8.42 Å². The molecule has 1 saturated heterocycles. The van der Waals surface area contributed by atoms with Crippen LogP contribution in [0, 0.1) is 0 Å². The highest BCUT2D eigenvalue weighted by molar-refractivity contribution is 7.89. The molecule has 0 aromatic rings. The summed E-state index contributed by atoms with van der Waals surface area (Å²) in [5, 5.41) is 11.3. The van der Waals surface area contributed by atoms with Crippen LogP contribution in [0.2, 0.25) is 0 Å². The van der Waals surface area contributed by atoms with Gasteiger partial charge in [0.15, 0.2) is 0 Å². The van der Waals surface area contributed by atoms with Crippen LogP contribution in [-0.2, 0) is 24.3 Å². The van der Waals surface area contributed by atoms with E-state index in [1.165, 1.54) is 0 Å². The summed E-state index contributed by atoms with van der Waals surface area (Å²) in [6.45, 7) is 3.84. The predicted molar refractivity (Wildman–Crippen MR) is 70.6 cm³/mol. The van der Waals surface area contributed by atoms with Crippen molar-refractivity contribution in [3.63, 3.8) is 0 Å². The highest BCUT2D eigenvalue weighted by atomic mass is 32.2. The Bertz CT molecular complexity index is 462. The predicted octanol–water partition coefficient (Wildman–Crippen LogP) is -0.984. The number of sulfonamides is 1. The molecular formula is C11H20N2O6S. The van der Waals surface area contributed by atoms with Gasteiger partial charge >= 0.3 is 5.97 Å². The minimum atomic E-state index is -3.72. The highest BCUT2D eigenvalue weighted by Crippen LogP contribution is 2.14. The van der Waals surface area contributed by atoms with Gasteiger partial charge in [0.2, 0.25) is 15.9 Å². The maximum absolute atomic E-state index is 12.2. The van der Waals surface area contributed by atoms with Crippen molar-refractivity contribution >= 4 is 21.9 Å². The van der Waals surface area contributed by atoms with Gasteiger partial charge in [0, 0.05) is 13.1 Å². The van der Waals surface area contributed by atoms with Crippen molar-refractivity contribution in [3.8, 4) is 0 Å². The number of piperazine rings is 1. The van der Waals surface area contributed by atoms with Crippen LogP contribution in [0.3, 0.4) is 0 Å². The van der Waals surface area contributed by atoms with Crippen molar-refractivity contribution in [1.82, 2.24) is 9.62 Å². The summed E-state index contributed by atoms with van der Waals surface area (Å²) in [7, 11) is -3.72. The van der Waals surface area contributed by atoms with Crippen molar-refractivity contribution in [2.75, 3.05) is 25.4 Å². The molecule has 1 aliphatic heterocycles. The molecule has 0 aliphatic carbocycles. The normalized spacial score (nSPS) is 20.9. The van der Waals surface area contributed by atoms with Crippen LogP contribution in [0.4, 0.5) is 0 Å². The Morgan fingerprint density at radius 3 is 2.75 bits per heavy atom. The monoisotopic (exact) mass is 308 g/mol. The number of carboxylic acid groups (broad SMARTS) is 1. The van der Waals surface area contributed by atoms with Crippen molar-refractivity contribution in [2.24, 2.45) is 0 Å². The molecular weight excluding hydrogens is 288 g/mol. The van der Waals surface area contributed by atoms with Crippen molar-refractivity contribution in [2.45, 2.75) is 32.4 Å². The summed E-state index contributed by atoms with van der Waals surface area (Å²) in [5.41, 5.74) is 0. The van der Waals surface area contributed by atoms with E-state index >= 15 is 0 Å². The Morgan fingerprint density at radius 2 is 2.20 bits per heavy atom. The minimum Gasteiger partial charge on any atom is -0.481 e. The molecule has 1 heterocycles. The number of rotatable bonds is 7. The van der Waals surface area contributed by atoms with Crippen molar-refractivity contribution in [3.05, 3.63) is 0 Å². The van der Waals surface area contributed by atoms with Crippen molar-refractivity contribution < 1.29 is 27.9 Å². The van der Waals surface area contributed by atoms with Crippen LogP contribution in [0.1, 0.15) is 20.3 Å². The Morgan fingerprint density at radius 1 is 1.55 bits per heavy atom. The van der Waals surface area contributed by atoms with E-state index in [4.69, 9.17) is 9.84 Å². The number of carboxylic acids is 1. The van der Waals surface area contributed by atoms with Gasteiger partial charge in [-0.05, 0) is 13.8 Å². The standard InChI is InChI=1S/C11H20N2O6S/c1-8(2)19-5-6-20(17,18)13-4-3-12-11(16)9(13)7-10(14)15/h8-9H,3-7H2,1-2H3,(H,12,16)(H,14,15). The second kappa shape index (κ2) is 7.00. The van der Waals surface area contributed by atoms with Gasteiger partial charge in [0.1, 0.15) is 6.04 Å². The van der Waals surface area contributed by atoms with Crippen molar-refractivity contribution in [1.29, 1.82) is 0 Å². The molecule has 20 heavy (non-hydrogen) atoms. The Kier molecular flexibility index (Phi) is 5.90. The average molecular weight is 308 g/mol. The molecule has 0 radical (unpaired) electrons. The number of nitrogens with zero attached hydrogens (tertiary/aromatic N) is 1. The molecule has 116 valence electrons. The van der Waals surface area contributed by atoms with Gasteiger partial charge in [-0.3, -0.25) is 9.59 Å². The molecule has 0 aromatic heterocycles. The first-order valence-electron chi connectivity index (χ1n) is 6.34. The van der Waals surface area contributed by atoms with Crippen LogP contribution in [-0.4, -0.2) is 67.3 Å². The molecule has 1 unspecified atom stereocenters. The topological polar surface area (TPSA) is 113 Å². The number of hydrogen-bond acceptors (Lipinski definition) is 5. The molecule has 1 aliphatic rings. The number of ether oxygens (including phenoxy) is 1. The molecule has 1 atom stereocenters. The molecule has 8 nitrogen and oxygen atoms in total. The second-order valence-corrected chi connectivity index (χ2v) is 6.79. The number of amides is 1. The Labute approximate surface area is 118 Å². The molecule has 1 amide bonds. The summed E-state index contributed by atoms with van der Waals surface area (Å²) in [5.74, 6) is -2.06. The maximum Gasteiger partial charge on any atom is 0.305 e. The fourth-order valence-electron chi connectivity index (χ4n) is 1.89. The molecule has 1 rings (SSSR count). The van der Waals surface area contributed by atoms with Crippen LogP contribution in [0.5, 0.6) is 0 Å². The third-order valence-electron chi connectivity index (χ3n) is 2.80. The van der Waals surface area contributed by atoms with Crippen LogP contribution in [0.15, 0.2) is 0 Å². The maximum atomic E-state index is 12.2. The van der Waals surface area contributed by atoms with E-state index in [1.54, 1.807) is 13.8 Å². The lowest BCUT2D eigenvalue weighted by Crippen LogP contribution is -2.58. The molecule has 2 N–H and O–H groups in total. The van der Waals surface area contributed by atoms with Crippen LogP contribution < -0.4 is 5.32 Å². The number of hydrogen-bond donors (Lipinski definition) is 2. The van der Waals surface area contributed by atoms with Crippen LogP contribution >= 0.6 is 0 Å². The van der Waals surface area contributed by atoms with Gasteiger partial charge in [-0.2, -0.15) is 4.31 Å². The first-order chi connectivity index (χ1) is 9.24. The number of carbonyl (C=O) groups is 2. The lowest BCUT2D eigenvalue weighted by molar-refractivity contribution is -0.141. The SMILES string of the molecule is CC(C)OCCS(=O)(=O)N1CCNC(=O)C1CC(=O)O. The number of nitrogens with one attached hydrogen (secondary N) is 1. The molecule has 0 aromatic carbocycles. The number of carbonyl (C=O) groups excluding carboxylic acids is 1. The summed E-state index contributed by atoms with van der Waals surface area (Å²) in [6.07, 6.45) is -0.638. The van der Waals surface area contributed by atoms with Gasteiger partial charge in [0.25, 0.3) is 0 Å². The lowest BCUT2D eigenvalue weighted by Gasteiger charge is -2.33. The molecule has 0 bridgehead atoms. The first-order valence-corrected chi connectivity index (χ1v) is 7.95. The van der Waals surface area contributed by atoms with E-state index in [2.05, 4.69) is 5.32 Å². The van der Waals surface area contributed by atoms with Crippen LogP contribution in [0.25, 0.3) is 0 Å². The largest absolute Gasteiger partial charge is 0.481 e. The lowest BCUT2D eigenvalue weighted by atomic mass is 10.1. The molecule has 0 saturated carbocycles. The molecule has 9 heteroatoms. The van der Waals surface area contributed by atoms with E-state index in [0.717, 1.165) is 4.31 Å². The summed E-state index contributed by atoms with van der Waals surface area (Å²) < 4.78 is 30.5. The Hall–Kier alpha value is -1.19. The number of aliphatic carboxylic acids is 1. The zero-order valence-electron chi connectivity index (χ0n) is 11.5. The van der Waals surface area contributed by atoms with E-state index < -0.39 is 34.4 Å². The van der Waals surface area contributed by atoms with E-state index in [-0.39, 0.29) is 31.6 Å². The first kappa shape index (κ1) is 16.9. The summed E-state index contributed by atoms with van der Waals surface area (Å²) >= 11 is 0. The van der Waals surface area contributed by atoms with E-state index in [9.17, 15) is 18.0 Å². The highest BCUT2D eigenvalue weighted by Gasteiger charge is 2.38. The fourth-order valence-corrected chi connectivity index (χ4v) is 3.36. The third kappa shape index (κ3) is 4.73. The van der Waals surface area contributed by atoms with Gasteiger partial charge in [-0.1, -0.05) is 0 Å².